The van der Waals surface area contributed by atoms with E-state index in [0.29, 0.717) is 30.3 Å². The molecule has 0 bridgehead atoms. The van der Waals surface area contributed by atoms with Crippen LogP contribution in [0.5, 0.6) is 5.75 Å². The van der Waals surface area contributed by atoms with Crippen LogP contribution in [0.3, 0.4) is 0 Å². The molecule has 1 aromatic carbocycles. The Hall–Kier alpha value is -3.36. The Morgan fingerprint density at radius 3 is 2.21 bits per heavy atom. The summed E-state index contributed by atoms with van der Waals surface area (Å²) in [5, 5.41) is 10.2. The summed E-state index contributed by atoms with van der Waals surface area (Å²) < 4.78 is 37.6. The molecule has 1 aliphatic heterocycles. The van der Waals surface area contributed by atoms with E-state index in [1.54, 1.807) is 4.90 Å². The molecule has 0 unspecified atom stereocenters. The van der Waals surface area contributed by atoms with Crippen LogP contribution >= 0.6 is 11.3 Å². The van der Waals surface area contributed by atoms with Crippen LogP contribution in [0.25, 0.3) is 10.4 Å². The van der Waals surface area contributed by atoms with Gasteiger partial charge in [-0.1, -0.05) is 13.8 Å². The molecular formula is C25H34F3N5O5S. The fourth-order valence-electron chi connectivity index (χ4n) is 3.72. The van der Waals surface area contributed by atoms with Crippen LogP contribution < -0.4 is 21.5 Å². The van der Waals surface area contributed by atoms with Gasteiger partial charge in [-0.25, -0.2) is 9.59 Å². The predicted octanol–water partition coefficient (Wildman–Crippen LogP) is 3.82. The highest BCUT2D eigenvalue weighted by molar-refractivity contribution is 7.20. The molecular weight excluding hydrogens is 539 g/mol. The number of rotatable bonds is 9. The number of nitrogens with zero attached hydrogens (tertiary/aromatic N) is 2. The summed E-state index contributed by atoms with van der Waals surface area (Å²) in [6.07, 6.45) is -3.53. The molecule has 0 radical (unpaired) electrons. The van der Waals surface area contributed by atoms with E-state index in [4.69, 9.17) is 26.1 Å². The van der Waals surface area contributed by atoms with Gasteiger partial charge in [0.05, 0.1) is 5.56 Å². The fraction of sp³-hybridized carbons (Fsp3) is 0.480. The number of likely N-dealkylation sites (tertiary alicyclic amines) is 1. The summed E-state index contributed by atoms with van der Waals surface area (Å²) in [4.78, 5) is 38.5. The number of halogens is 3. The van der Waals surface area contributed by atoms with Crippen molar-refractivity contribution in [3.63, 3.8) is 0 Å². The van der Waals surface area contributed by atoms with Crippen molar-refractivity contribution in [2.75, 3.05) is 44.6 Å². The number of alkyl halides is 3. The molecule has 3 amide bonds. The maximum Gasteiger partial charge on any atom is 0.490 e. The lowest BCUT2D eigenvalue weighted by Gasteiger charge is -2.30. The number of carbonyl (C=O) groups excluding carboxylic acids is 2. The third-order valence-electron chi connectivity index (χ3n) is 5.98. The molecule has 0 saturated carbocycles. The minimum absolute atomic E-state index is 0.112. The molecule has 1 aromatic heterocycles. The predicted molar refractivity (Wildman–Crippen MR) is 143 cm³/mol. The topological polar surface area (TPSA) is 151 Å². The Morgan fingerprint density at radius 1 is 1.15 bits per heavy atom. The van der Waals surface area contributed by atoms with Gasteiger partial charge in [0, 0.05) is 30.6 Å². The first-order chi connectivity index (χ1) is 18.3. The van der Waals surface area contributed by atoms with Crippen LogP contribution in [0, 0.1) is 0 Å². The Labute approximate surface area is 228 Å². The Balaban J connectivity index is 0.000000673. The normalized spacial score (nSPS) is 14.0. The number of carbonyl (C=O) groups is 3. The third kappa shape index (κ3) is 10.0. The second-order valence-corrected chi connectivity index (χ2v) is 9.73. The van der Waals surface area contributed by atoms with Crippen molar-refractivity contribution < 1.29 is 37.4 Å². The summed E-state index contributed by atoms with van der Waals surface area (Å²) >= 11 is 1.34. The number of carboxylic acids is 1. The van der Waals surface area contributed by atoms with E-state index in [1.165, 1.54) is 11.3 Å². The fourth-order valence-corrected chi connectivity index (χ4v) is 4.78. The highest BCUT2D eigenvalue weighted by Crippen LogP contribution is 2.37. The molecule has 14 heteroatoms. The molecule has 216 valence electrons. The number of primary amides is 1. The van der Waals surface area contributed by atoms with Crippen LogP contribution in [0.4, 0.5) is 23.0 Å². The van der Waals surface area contributed by atoms with E-state index in [9.17, 15) is 22.8 Å². The quantitative estimate of drug-likeness (QED) is 0.356. The second-order valence-electron chi connectivity index (χ2n) is 8.67. The average molecular weight is 574 g/mol. The van der Waals surface area contributed by atoms with Crippen LogP contribution in [0.1, 0.15) is 37.0 Å². The van der Waals surface area contributed by atoms with Gasteiger partial charge in [-0.2, -0.15) is 13.2 Å². The molecule has 0 atom stereocenters. The van der Waals surface area contributed by atoms with Crippen LogP contribution in [-0.4, -0.2) is 84.4 Å². The SMILES string of the molecule is CCN(CC)CCOc1ccc(-c2cc(C(=O)N3CCC(N)CC3)c(NC(N)=O)s2)cc1.O=C(O)C(F)(F)F. The Kier molecular flexibility index (Phi) is 12.0. The van der Waals surface area contributed by atoms with Crippen molar-refractivity contribution in [3.05, 3.63) is 35.9 Å². The van der Waals surface area contributed by atoms with Gasteiger partial charge in [0.25, 0.3) is 5.91 Å². The maximum atomic E-state index is 13.1. The molecule has 3 rings (SSSR count). The largest absolute Gasteiger partial charge is 0.492 e. The standard InChI is InChI=1S/C23H33N5O3S.C2HF3O2/c1-3-27(4-2)13-14-31-18-7-5-16(6-8-18)20-15-19(21(32-20)26-23(25)30)22(29)28-11-9-17(24)10-12-28;3-2(4,5)1(6)7/h5-8,15,17H,3-4,9-14,24H2,1-2H3,(H3,25,26,30);(H,6,7). The van der Waals surface area contributed by atoms with E-state index < -0.39 is 18.2 Å². The number of nitrogens with one attached hydrogen (secondary N) is 1. The zero-order chi connectivity index (χ0) is 29.2. The molecule has 1 saturated heterocycles. The lowest BCUT2D eigenvalue weighted by atomic mass is 10.1. The summed E-state index contributed by atoms with van der Waals surface area (Å²) in [5.74, 6) is -2.07. The van der Waals surface area contributed by atoms with E-state index in [0.717, 1.165) is 48.7 Å². The van der Waals surface area contributed by atoms with Gasteiger partial charge in [0.1, 0.15) is 17.4 Å². The Bertz CT molecular complexity index is 1100. The highest BCUT2D eigenvalue weighted by atomic mass is 32.1. The number of ether oxygens (including phenoxy) is 1. The van der Waals surface area contributed by atoms with Crippen molar-refractivity contribution in [2.24, 2.45) is 11.5 Å². The molecule has 1 fully saturated rings. The first kappa shape index (κ1) is 31.9. The smallest absolute Gasteiger partial charge is 0.490 e. The van der Waals surface area contributed by atoms with Gasteiger partial charge in [-0.3, -0.25) is 10.1 Å². The van der Waals surface area contributed by atoms with Gasteiger partial charge >= 0.3 is 18.2 Å². The molecule has 0 aliphatic carbocycles. The monoisotopic (exact) mass is 573 g/mol. The van der Waals surface area contributed by atoms with E-state index in [2.05, 4.69) is 24.1 Å². The van der Waals surface area contributed by atoms with E-state index >= 15 is 0 Å². The first-order valence-corrected chi connectivity index (χ1v) is 13.2. The number of aliphatic carboxylic acids is 1. The van der Waals surface area contributed by atoms with Crippen molar-refractivity contribution in [1.82, 2.24) is 9.80 Å². The second kappa shape index (κ2) is 14.7. The minimum atomic E-state index is -5.08. The first-order valence-electron chi connectivity index (χ1n) is 12.4. The summed E-state index contributed by atoms with van der Waals surface area (Å²) in [5.41, 5.74) is 12.7. The van der Waals surface area contributed by atoms with Crippen molar-refractivity contribution in [2.45, 2.75) is 38.9 Å². The molecule has 6 N–H and O–H groups in total. The number of likely N-dealkylation sites (N-methyl/N-ethyl adjacent to an activating group) is 1. The molecule has 39 heavy (non-hydrogen) atoms. The molecule has 10 nitrogen and oxygen atoms in total. The van der Waals surface area contributed by atoms with Gasteiger partial charge in [0.2, 0.25) is 0 Å². The molecule has 1 aliphatic rings. The highest BCUT2D eigenvalue weighted by Gasteiger charge is 2.38. The van der Waals surface area contributed by atoms with Crippen LogP contribution in [0.2, 0.25) is 0 Å². The summed E-state index contributed by atoms with van der Waals surface area (Å²) in [6.45, 7) is 9.02. The maximum absolute atomic E-state index is 13.1. The number of hydrogen-bond acceptors (Lipinski definition) is 7. The molecule has 2 heterocycles. The lowest BCUT2D eigenvalue weighted by molar-refractivity contribution is -0.192. The van der Waals surface area contributed by atoms with Gasteiger partial charge < -0.3 is 31.1 Å². The number of benzene rings is 1. The van der Waals surface area contributed by atoms with E-state index in [-0.39, 0.29) is 11.9 Å². The van der Waals surface area contributed by atoms with Gasteiger partial charge in [-0.05, 0) is 61.8 Å². The number of urea groups is 1. The lowest BCUT2D eigenvalue weighted by Crippen LogP contribution is -2.43. The number of piperidine rings is 1. The van der Waals surface area contributed by atoms with Crippen molar-refractivity contribution in [1.29, 1.82) is 0 Å². The number of thiophene rings is 1. The van der Waals surface area contributed by atoms with Crippen molar-refractivity contribution in [3.8, 4) is 16.2 Å². The third-order valence-corrected chi connectivity index (χ3v) is 7.08. The summed E-state index contributed by atoms with van der Waals surface area (Å²) in [6, 6.07) is 9.03. The minimum Gasteiger partial charge on any atom is -0.492 e. The zero-order valence-corrected chi connectivity index (χ0v) is 22.6. The van der Waals surface area contributed by atoms with Crippen LogP contribution in [0.15, 0.2) is 30.3 Å². The van der Waals surface area contributed by atoms with Gasteiger partial charge in [-0.15, -0.1) is 11.3 Å². The zero-order valence-electron chi connectivity index (χ0n) is 21.8. The number of anilines is 1. The van der Waals surface area contributed by atoms with Gasteiger partial charge in [0.15, 0.2) is 0 Å². The number of amides is 3. The molecule has 2 aromatic rings. The van der Waals surface area contributed by atoms with Crippen molar-refractivity contribution >= 4 is 34.2 Å². The Morgan fingerprint density at radius 2 is 1.72 bits per heavy atom. The van der Waals surface area contributed by atoms with Crippen LogP contribution in [-0.2, 0) is 4.79 Å². The molecule has 0 spiro atoms. The number of carboxylic acid groups (broad SMARTS) is 1. The summed E-state index contributed by atoms with van der Waals surface area (Å²) in [7, 11) is 0. The number of nitrogens with two attached hydrogens (primary N) is 2. The number of hydrogen-bond donors (Lipinski definition) is 4. The van der Waals surface area contributed by atoms with E-state index in [1.807, 2.05) is 30.3 Å². The average Bonchev–Trinajstić information content (AvgIpc) is 3.30.